The van der Waals surface area contributed by atoms with E-state index >= 15 is 0 Å². The van der Waals surface area contributed by atoms with Gasteiger partial charge in [0.05, 0.1) is 0 Å². The van der Waals surface area contributed by atoms with Crippen molar-refractivity contribution in [1.82, 2.24) is 0 Å². The van der Waals surface area contributed by atoms with E-state index in [1.165, 1.54) is 0 Å². The fourth-order valence-electron chi connectivity index (χ4n) is 0.269. The van der Waals surface area contributed by atoms with Crippen LogP contribution in [0.4, 0.5) is 0 Å². The van der Waals surface area contributed by atoms with E-state index in [1.807, 2.05) is 0 Å². The monoisotopic (exact) mass is 193 g/mol. The molecule has 1 radical (unpaired) electrons. The Kier molecular flexibility index (Phi) is 11.1. The second-order valence-electron chi connectivity index (χ2n) is 1.49. The van der Waals surface area contributed by atoms with E-state index in [1.54, 1.807) is 14.0 Å². The molecule has 0 aromatic carbocycles. The Morgan fingerprint density at radius 3 is 2.38 bits per heavy atom. The molecule has 49 valence electrons. The van der Waals surface area contributed by atoms with Crippen LogP contribution in [0.15, 0.2) is 0 Å². The first-order valence-corrected chi connectivity index (χ1v) is 2.32. The van der Waals surface area contributed by atoms with Crippen LogP contribution in [0.25, 0.3) is 5.32 Å². The van der Waals surface area contributed by atoms with E-state index in [0.29, 0.717) is 13.0 Å². The van der Waals surface area contributed by atoms with E-state index in [4.69, 9.17) is 0 Å². The molecule has 0 bridgehead atoms. The molecule has 8 heavy (non-hydrogen) atoms. The summed E-state index contributed by atoms with van der Waals surface area (Å²) in [7, 11) is 1.71. The van der Waals surface area contributed by atoms with E-state index < -0.39 is 0 Å². The summed E-state index contributed by atoms with van der Waals surface area (Å²) in [6.45, 7) is 2.25. The number of nitrogens with zero attached hydrogens (tertiary/aromatic N) is 1. The summed E-state index contributed by atoms with van der Waals surface area (Å²) in [5, 5.41) is 3.76. The molecular formula is C5H14NOY-. The molecule has 0 saturated carbocycles. The molecule has 0 rings (SSSR count). The van der Waals surface area contributed by atoms with Crippen LogP contribution < -0.4 is 0 Å². The minimum atomic E-state index is 0. The zero-order valence-corrected chi connectivity index (χ0v) is 8.19. The Balaban J connectivity index is -0.0000000600. The second-order valence-corrected chi connectivity index (χ2v) is 1.49. The first-order valence-electron chi connectivity index (χ1n) is 2.32. The third kappa shape index (κ3) is 9.88. The number of hydrogen-bond acceptors (Lipinski definition) is 1. The minimum Gasteiger partial charge on any atom is -0.665 e. The van der Waals surface area contributed by atoms with Crippen LogP contribution in [-0.4, -0.2) is 19.4 Å². The van der Waals surface area contributed by atoms with Crippen molar-refractivity contribution in [2.45, 2.75) is 13.3 Å². The van der Waals surface area contributed by atoms with Gasteiger partial charge in [-0.1, -0.05) is 0 Å². The van der Waals surface area contributed by atoms with Gasteiger partial charge in [0, 0.05) is 35.6 Å². The van der Waals surface area contributed by atoms with Crippen molar-refractivity contribution in [3.8, 4) is 0 Å². The Labute approximate surface area is 78.3 Å². The van der Waals surface area contributed by atoms with Gasteiger partial charge < -0.3 is 10.1 Å². The molecule has 0 heterocycles. The fourth-order valence-corrected chi connectivity index (χ4v) is 0.269. The molecule has 0 aromatic rings. The van der Waals surface area contributed by atoms with Crippen LogP contribution in [0.1, 0.15) is 16.2 Å². The molecule has 0 saturated heterocycles. The molecule has 0 amide bonds. The topological polar surface area (TPSA) is 31.2 Å². The van der Waals surface area contributed by atoms with E-state index in [9.17, 15) is 4.79 Å². The Hall–Kier alpha value is 0.734. The smallest absolute Gasteiger partial charge is 0.128 e. The molecule has 3 heteroatoms. The average molecular weight is 193 g/mol. The summed E-state index contributed by atoms with van der Waals surface area (Å²) >= 11 is 0. The van der Waals surface area contributed by atoms with Gasteiger partial charge in [-0.05, 0) is 13.3 Å². The number of hydrogen-bond donors (Lipinski definition) is 0. The van der Waals surface area contributed by atoms with Gasteiger partial charge >= 0.3 is 0 Å². The molecule has 0 aliphatic rings. The molecule has 0 aliphatic carbocycles. The van der Waals surface area contributed by atoms with Crippen molar-refractivity contribution in [2.75, 3.05) is 13.6 Å². The number of carbonyl (C=O) groups is 1. The number of ketones is 1. The van der Waals surface area contributed by atoms with Gasteiger partial charge in [-0.2, -0.15) is 7.05 Å². The molecule has 0 N–H and O–H groups in total. The van der Waals surface area contributed by atoms with Crippen LogP contribution in [0.3, 0.4) is 0 Å². The average Bonchev–Trinajstić information content (AvgIpc) is 1.61. The van der Waals surface area contributed by atoms with Crippen LogP contribution in [-0.2, 0) is 37.5 Å². The Bertz CT molecular complexity index is 72.7. The normalized spacial score (nSPS) is 7.75. The van der Waals surface area contributed by atoms with Gasteiger partial charge in [-0.3, -0.25) is 0 Å². The third-order valence-corrected chi connectivity index (χ3v) is 0.687. The summed E-state index contributed by atoms with van der Waals surface area (Å²) in [6.07, 6.45) is 0.594. The maximum Gasteiger partial charge on any atom is 0.128 e. The minimum absolute atomic E-state index is 0. The molecule has 0 aromatic heterocycles. The van der Waals surface area contributed by atoms with Crippen molar-refractivity contribution in [3.63, 3.8) is 0 Å². The predicted octanol–water partition coefficient (Wildman–Crippen LogP) is 1.46. The summed E-state index contributed by atoms with van der Waals surface area (Å²) in [5.74, 6) is 0.214. The molecular weight excluding hydrogens is 179 g/mol. The van der Waals surface area contributed by atoms with Crippen molar-refractivity contribution in [3.05, 3.63) is 5.32 Å². The molecule has 0 spiro atoms. The van der Waals surface area contributed by atoms with Crippen molar-refractivity contribution >= 4 is 5.78 Å². The van der Waals surface area contributed by atoms with Gasteiger partial charge in [0.15, 0.2) is 0 Å². The van der Waals surface area contributed by atoms with E-state index in [0.717, 1.165) is 0 Å². The van der Waals surface area contributed by atoms with Gasteiger partial charge in [-0.25, -0.2) is 0 Å². The molecule has 2 nitrogen and oxygen atoms in total. The van der Waals surface area contributed by atoms with Gasteiger partial charge in [0.2, 0.25) is 0 Å². The molecule has 0 fully saturated rings. The molecule has 0 aliphatic heterocycles. The molecule has 0 unspecified atom stereocenters. The fraction of sp³-hybridized carbons (Fsp3) is 0.800. The summed E-state index contributed by atoms with van der Waals surface area (Å²) in [5.41, 5.74) is 0. The number of carbonyl (C=O) groups excluding carboxylic acids is 1. The van der Waals surface area contributed by atoms with Gasteiger partial charge in [0.1, 0.15) is 5.78 Å². The first-order chi connectivity index (χ1) is 3.27. The van der Waals surface area contributed by atoms with E-state index in [-0.39, 0.29) is 41.3 Å². The zero-order chi connectivity index (χ0) is 5.70. The predicted molar refractivity (Wildman–Crippen MR) is 33.7 cm³/mol. The Morgan fingerprint density at radius 1 is 1.75 bits per heavy atom. The van der Waals surface area contributed by atoms with Crippen molar-refractivity contribution in [2.24, 2.45) is 0 Å². The van der Waals surface area contributed by atoms with Gasteiger partial charge in [-0.15, -0.1) is 6.54 Å². The van der Waals surface area contributed by atoms with E-state index in [2.05, 4.69) is 5.32 Å². The maximum atomic E-state index is 10.1. The maximum absolute atomic E-state index is 10.1. The summed E-state index contributed by atoms with van der Waals surface area (Å²) in [4.78, 5) is 10.1. The van der Waals surface area contributed by atoms with Crippen molar-refractivity contribution < 1.29 is 40.4 Å². The van der Waals surface area contributed by atoms with Crippen LogP contribution in [0, 0.1) is 0 Å². The molecule has 0 atom stereocenters. The number of rotatable bonds is 3. The van der Waals surface area contributed by atoms with Gasteiger partial charge in [0.25, 0.3) is 0 Å². The Morgan fingerprint density at radius 2 is 2.25 bits per heavy atom. The second kappa shape index (κ2) is 7.73. The summed E-state index contributed by atoms with van der Waals surface area (Å²) in [6, 6.07) is 0. The van der Waals surface area contributed by atoms with Crippen molar-refractivity contribution in [1.29, 1.82) is 0 Å². The largest absolute Gasteiger partial charge is 0.665 e. The summed E-state index contributed by atoms with van der Waals surface area (Å²) < 4.78 is 0. The number of Topliss-reactive ketones (excluding diaryl/α,β-unsaturated/α-hetero) is 1. The quantitative estimate of drug-likeness (QED) is 0.667. The van der Waals surface area contributed by atoms with Crippen LogP contribution in [0.2, 0.25) is 0 Å². The van der Waals surface area contributed by atoms with Crippen LogP contribution in [0.5, 0.6) is 0 Å². The SMILES string of the molecule is C[N-]CCC(C)=O.[HH].[HH].[Y]. The van der Waals surface area contributed by atoms with Crippen LogP contribution >= 0.6 is 0 Å². The zero-order valence-electron chi connectivity index (χ0n) is 5.35. The standard InChI is InChI=1S/C5H10NO.Y.2H2/c1-5(7)3-4-6-2;;;/h3-4H2,1-2H3;;2*1H/q-1;;;. The first kappa shape index (κ1) is 11.5. The third-order valence-electron chi connectivity index (χ3n) is 0.687.